The molecule has 3 N–H and O–H groups in total. The molecule has 1 fully saturated rings. The molecule has 0 aliphatic heterocycles. The molecule has 1 aromatic rings. The molecule has 1 saturated carbocycles. The van der Waals surface area contributed by atoms with E-state index in [2.05, 4.69) is 45.5 Å². The van der Waals surface area contributed by atoms with Crippen LogP contribution >= 0.6 is 15.9 Å². The van der Waals surface area contributed by atoms with Crippen LogP contribution in [-0.4, -0.2) is 13.6 Å². The third-order valence-corrected chi connectivity index (χ3v) is 4.39. The Hall–Kier alpha value is -0.380. The van der Waals surface area contributed by atoms with E-state index in [-0.39, 0.29) is 5.41 Å². The molecule has 0 heterocycles. The molecule has 1 aliphatic carbocycles. The number of nitrogens with one attached hydrogen (secondary N) is 1. The predicted molar refractivity (Wildman–Crippen MR) is 71.3 cm³/mol. The first-order valence-electron chi connectivity index (χ1n) is 5.85. The zero-order valence-electron chi connectivity index (χ0n) is 9.67. The summed E-state index contributed by atoms with van der Waals surface area (Å²) >= 11 is 3.47. The van der Waals surface area contributed by atoms with Gasteiger partial charge < -0.3 is 11.1 Å². The zero-order chi connectivity index (χ0) is 11.6. The summed E-state index contributed by atoms with van der Waals surface area (Å²) in [6.07, 6.45) is 3.79. The van der Waals surface area contributed by atoms with E-state index in [4.69, 9.17) is 5.73 Å². The highest BCUT2D eigenvalue weighted by atomic mass is 79.9. The molecule has 1 aliphatic rings. The van der Waals surface area contributed by atoms with Gasteiger partial charge >= 0.3 is 0 Å². The molecule has 1 aromatic carbocycles. The van der Waals surface area contributed by atoms with Gasteiger partial charge in [0, 0.05) is 15.9 Å². The molecule has 0 bridgehead atoms. The van der Waals surface area contributed by atoms with Gasteiger partial charge in [0.15, 0.2) is 0 Å². The number of hydrogen-bond donors (Lipinski definition) is 2. The second-order valence-electron chi connectivity index (χ2n) is 4.69. The molecule has 16 heavy (non-hydrogen) atoms. The maximum atomic E-state index is 5.96. The second-order valence-corrected chi connectivity index (χ2v) is 5.61. The molecule has 88 valence electrons. The van der Waals surface area contributed by atoms with Crippen molar-refractivity contribution in [3.05, 3.63) is 34.3 Å². The minimum Gasteiger partial charge on any atom is -0.330 e. The van der Waals surface area contributed by atoms with Gasteiger partial charge in [0.05, 0.1) is 0 Å². The van der Waals surface area contributed by atoms with E-state index in [0.29, 0.717) is 6.04 Å². The maximum Gasteiger partial charge on any atom is 0.0386 e. The van der Waals surface area contributed by atoms with Gasteiger partial charge in [0.25, 0.3) is 0 Å². The normalized spacial score (nSPS) is 20.2. The fourth-order valence-corrected chi connectivity index (χ4v) is 2.99. The Bertz CT molecular complexity index is 338. The van der Waals surface area contributed by atoms with Crippen molar-refractivity contribution in [2.45, 2.75) is 25.3 Å². The summed E-state index contributed by atoms with van der Waals surface area (Å²) in [6, 6.07) is 8.95. The monoisotopic (exact) mass is 282 g/mol. The van der Waals surface area contributed by atoms with Gasteiger partial charge in [-0.25, -0.2) is 0 Å². The lowest BCUT2D eigenvalue weighted by Gasteiger charge is -2.47. The van der Waals surface area contributed by atoms with Crippen molar-refractivity contribution in [2.24, 2.45) is 11.1 Å². The van der Waals surface area contributed by atoms with Crippen LogP contribution in [0.1, 0.15) is 30.9 Å². The quantitative estimate of drug-likeness (QED) is 0.891. The molecule has 0 amide bonds. The lowest BCUT2D eigenvalue weighted by atomic mass is 9.62. The average Bonchev–Trinajstić information content (AvgIpc) is 2.25. The molecular formula is C13H19BrN2. The predicted octanol–water partition coefficient (Wildman–Crippen LogP) is 2.84. The SMILES string of the molecule is CNC(c1ccc(Br)cc1)C1(CN)CCC1. The van der Waals surface area contributed by atoms with Crippen LogP contribution in [0.5, 0.6) is 0 Å². The van der Waals surface area contributed by atoms with E-state index in [1.807, 2.05) is 7.05 Å². The van der Waals surface area contributed by atoms with Crippen molar-refractivity contribution in [2.75, 3.05) is 13.6 Å². The van der Waals surface area contributed by atoms with Crippen LogP contribution in [0, 0.1) is 5.41 Å². The summed E-state index contributed by atoms with van der Waals surface area (Å²) in [5.41, 5.74) is 7.59. The van der Waals surface area contributed by atoms with E-state index in [1.165, 1.54) is 24.8 Å². The van der Waals surface area contributed by atoms with Crippen LogP contribution in [0.4, 0.5) is 0 Å². The Labute approximate surface area is 106 Å². The van der Waals surface area contributed by atoms with Crippen molar-refractivity contribution < 1.29 is 0 Å². The van der Waals surface area contributed by atoms with Crippen LogP contribution in [0.3, 0.4) is 0 Å². The largest absolute Gasteiger partial charge is 0.330 e. The van der Waals surface area contributed by atoms with E-state index < -0.39 is 0 Å². The second kappa shape index (κ2) is 4.86. The van der Waals surface area contributed by atoms with Crippen LogP contribution in [0.25, 0.3) is 0 Å². The zero-order valence-corrected chi connectivity index (χ0v) is 11.3. The molecule has 2 rings (SSSR count). The van der Waals surface area contributed by atoms with E-state index >= 15 is 0 Å². The highest BCUT2D eigenvalue weighted by Crippen LogP contribution is 2.49. The Balaban J connectivity index is 2.25. The summed E-state index contributed by atoms with van der Waals surface area (Å²) in [4.78, 5) is 0. The average molecular weight is 283 g/mol. The molecular weight excluding hydrogens is 264 g/mol. The van der Waals surface area contributed by atoms with E-state index in [0.717, 1.165) is 11.0 Å². The molecule has 0 spiro atoms. The fraction of sp³-hybridized carbons (Fsp3) is 0.538. The van der Waals surface area contributed by atoms with E-state index in [9.17, 15) is 0 Å². The number of nitrogens with two attached hydrogens (primary N) is 1. The van der Waals surface area contributed by atoms with E-state index in [1.54, 1.807) is 0 Å². The standard InChI is InChI=1S/C13H19BrN2/c1-16-12(13(9-15)7-2-8-13)10-3-5-11(14)6-4-10/h3-6,12,16H,2,7-9,15H2,1H3. The Kier molecular flexibility index (Phi) is 3.67. The smallest absolute Gasteiger partial charge is 0.0386 e. The van der Waals surface area contributed by atoms with Gasteiger partial charge in [-0.15, -0.1) is 0 Å². The number of rotatable bonds is 4. The Morgan fingerprint density at radius 2 is 2.00 bits per heavy atom. The fourth-order valence-electron chi connectivity index (χ4n) is 2.72. The number of hydrogen-bond acceptors (Lipinski definition) is 2. The third-order valence-electron chi connectivity index (χ3n) is 3.86. The van der Waals surface area contributed by atoms with Gasteiger partial charge in [-0.3, -0.25) is 0 Å². The van der Waals surface area contributed by atoms with Crippen molar-refractivity contribution >= 4 is 15.9 Å². The minimum atomic E-state index is 0.280. The maximum absolute atomic E-state index is 5.96. The van der Waals surface area contributed by atoms with Gasteiger partial charge in [-0.2, -0.15) is 0 Å². The van der Waals surface area contributed by atoms with Crippen molar-refractivity contribution in [1.82, 2.24) is 5.32 Å². The number of benzene rings is 1. The first-order chi connectivity index (χ1) is 7.72. The van der Waals surface area contributed by atoms with Gasteiger partial charge in [-0.05, 0) is 44.1 Å². The third kappa shape index (κ3) is 2.04. The van der Waals surface area contributed by atoms with Crippen LogP contribution in [0.15, 0.2) is 28.7 Å². The van der Waals surface area contributed by atoms with Crippen LogP contribution in [-0.2, 0) is 0 Å². The summed E-state index contributed by atoms with van der Waals surface area (Å²) in [5.74, 6) is 0. The molecule has 1 unspecified atom stereocenters. The molecule has 0 aromatic heterocycles. The summed E-state index contributed by atoms with van der Waals surface area (Å²) in [7, 11) is 2.03. The first-order valence-corrected chi connectivity index (χ1v) is 6.64. The van der Waals surface area contributed by atoms with Gasteiger partial charge in [0.1, 0.15) is 0 Å². The summed E-state index contributed by atoms with van der Waals surface area (Å²) in [6.45, 7) is 0.772. The summed E-state index contributed by atoms with van der Waals surface area (Å²) < 4.78 is 1.13. The molecule has 0 radical (unpaired) electrons. The van der Waals surface area contributed by atoms with Crippen molar-refractivity contribution in [3.8, 4) is 0 Å². The lowest BCUT2D eigenvalue weighted by molar-refractivity contribution is 0.0880. The molecule has 1 atom stereocenters. The van der Waals surface area contributed by atoms with Crippen LogP contribution in [0.2, 0.25) is 0 Å². The van der Waals surface area contributed by atoms with Gasteiger partial charge in [-0.1, -0.05) is 34.5 Å². The Morgan fingerprint density at radius 1 is 1.38 bits per heavy atom. The molecule has 3 heteroatoms. The van der Waals surface area contributed by atoms with Crippen molar-refractivity contribution in [3.63, 3.8) is 0 Å². The summed E-state index contributed by atoms with van der Waals surface area (Å²) in [5, 5.41) is 3.44. The minimum absolute atomic E-state index is 0.280. The Morgan fingerprint density at radius 3 is 2.38 bits per heavy atom. The lowest BCUT2D eigenvalue weighted by Crippen LogP contribution is -2.47. The molecule has 2 nitrogen and oxygen atoms in total. The molecule has 0 saturated heterocycles. The highest BCUT2D eigenvalue weighted by Gasteiger charge is 2.42. The highest BCUT2D eigenvalue weighted by molar-refractivity contribution is 9.10. The van der Waals surface area contributed by atoms with Crippen molar-refractivity contribution in [1.29, 1.82) is 0 Å². The van der Waals surface area contributed by atoms with Gasteiger partial charge in [0.2, 0.25) is 0 Å². The topological polar surface area (TPSA) is 38.0 Å². The first kappa shape index (κ1) is 12.1. The number of halogens is 1. The van der Waals surface area contributed by atoms with Crippen LogP contribution < -0.4 is 11.1 Å².